The Morgan fingerprint density at radius 3 is 2.25 bits per heavy atom. The highest BCUT2D eigenvalue weighted by Gasteiger charge is 2.36. The van der Waals surface area contributed by atoms with Crippen LogP contribution >= 0.6 is 0 Å². The molecule has 0 spiro atoms. The molecule has 0 atom stereocenters. The van der Waals surface area contributed by atoms with Crippen molar-refractivity contribution in [3.05, 3.63) is 71.5 Å². The van der Waals surface area contributed by atoms with E-state index in [9.17, 15) is 34.8 Å². The standard InChI is InChI=1S/C19H10F6N4O2S/c20-18(21,22)11-4-6-15(27-9-11)28-17-12-5-3-10(8-14(12)32(30,31)29-17)16-13(19(23,24)25)2-1-7-26-16/h1-9H,(H,27,28,29). The van der Waals surface area contributed by atoms with Crippen LogP contribution in [-0.2, 0) is 22.4 Å². The van der Waals surface area contributed by atoms with Gasteiger partial charge in [-0.3, -0.25) is 4.98 Å². The van der Waals surface area contributed by atoms with Gasteiger partial charge in [-0.15, -0.1) is 4.40 Å². The molecule has 3 heterocycles. The highest BCUT2D eigenvalue weighted by molar-refractivity contribution is 7.90. The van der Waals surface area contributed by atoms with Crippen LogP contribution < -0.4 is 5.32 Å². The van der Waals surface area contributed by atoms with Gasteiger partial charge >= 0.3 is 12.4 Å². The second kappa shape index (κ2) is 7.29. The molecule has 0 unspecified atom stereocenters. The van der Waals surface area contributed by atoms with E-state index in [1.165, 1.54) is 12.1 Å². The van der Waals surface area contributed by atoms with Gasteiger partial charge in [0.15, 0.2) is 5.84 Å². The lowest BCUT2D eigenvalue weighted by molar-refractivity contribution is -0.138. The van der Waals surface area contributed by atoms with Crippen molar-refractivity contribution < 1.29 is 34.8 Å². The van der Waals surface area contributed by atoms with Gasteiger partial charge in [-0.05, 0) is 36.4 Å². The zero-order chi connectivity index (χ0) is 23.3. The quantitative estimate of drug-likeness (QED) is 0.545. The van der Waals surface area contributed by atoms with E-state index in [1.54, 1.807) is 0 Å². The highest BCUT2D eigenvalue weighted by atomic mass is 32.2. The lowest BCUT2D eigenvalue weighted by Gasteiger charge is -2.12. The van der Waals surface area contributed by atoms with E-state index in [0.717, 1.165) is 36.5 Å². The number of hydrogen-bond donors (Lipinski definition) is 1. The second-order valence-electron chi connectivity index (χ2n) is 6.58. The van der Waals surface area contributed by atoms with Crippen molar-refractivity contribution >= 4 is 21.7 Å². The number of rotatable bonds is 2. The van der Waals surface area contributed by atoms with Crippen molar-refractivity contribution in [1.29, 1.82) is 0 Å². The minimum atomic E-state index is -4.71. The first kappa shape index (κ1) is 21.7. The summed E-state index contributed by atoms with van der Waals surface area (Å²) in [6.45, 7) is 0. The third kappa shape index (κ3) is 4.02. The monoisotopic (exact) mass is 472 g/mol. The fraction of sp³-hybridized carbons (Fsp3) is 0.105. The Hall–Kier alpha value is -3.48. The number of nitrogens with one attached hydrogen (secondary N) is 1. The van der Waals surface area contributed by atoms with E-state index in [0.29, 0.717) is 6.20 Å². The van der Waals surface area contributed by atoms with Crippen LogP contribution in [0.15, 0.2) is 64.2 Å². The van der Waals surface area contributed by atoms with Gasteiger partial charge in [0.25, 0.3) is 10.0 Å². The van der Waals surface area contributed by atoms with Crippen LogP contribution in [0.2, 0.25) is 0 Å². The number of amidine groups is 1. The highest BCUT2D eigenvalue weighted by Crippen LogP contribution is 2.38. The molecule has 4 rings (SSSR count). The van der Waals surface area contributed by atoms with Gasteiger partial charge in [0.2, 0.25) is 0 Å². The molecule has 166 valence electrons. The molecular formula is C19H10F6N4O2S. The molecular weight excluding hydrogens is 462 g/mol. The van der Waals surface area contributed by atoms with Crippen molar-refractivity contribution in [1.82, 2.24) is 9.97 Å². The number of hydrogen-bond acceptors (Lipinski definition) is 5. The average molecular weight is 472 g/mol. The molecule has 3 aromatic rings. The van der Waals surface area contributed by atoms with Gasteiger partial charge in [0, 0.05) is 23.5 Å². The maximum absolute atomic E-state index is 13.3. The third-order valence-electron chi connectivity index (χ3n) is 4.45. The van der Waals surface area contributed by atoms with Crippen molar-refractivity contribution in [2.24, 2.45) is 4.40 Å². The molecule has 13 heteroatoms. The third-order valence-corrected chi connectivity index (χ3v) is 5.77. The van der Waals surface area contributed by atoms with E-state index in [2.05, 4.69) is 19.7 Å². The molecule has 1 N–H and O–H groups in total. The molecule has 0 radical (unpaired) electrons. The summed E-state index contributed by atoms with van der Waals surface area (Å²) < 4.78 is 106. The first-order valence-electron chi connectivity index (χ1n) is 8.68. The average Bonchev–Trinajstić information content (AvgIpc) is 2.96. The number of anilines is 1. The number of aromatic nitrogens is 2. The number of pyridine rings is 2. The maximum Gasteiger partial charge on any atom is 0.418 e. The first-order chi connectivity index (χ1) is 14.9. The van der Waals surface area contributed by atoms with E-state index in [-0.39, 0.29) is 27.7 Å². The Kier molecular flexibility index (Phi) is 4.95. The molecule has 1 aliphatic rings. The predicted molar refractivity (Wildman–Crippen MR) is 101 cm³/mol. The van der Waals surface area contributed by atoms with Crippen molar-refractivity contribution in [3.8, 4) is 11.3 Å². The van der Waals surface area contributed by atoms with Crippen LogP contribution in [0.3, 0.4) is 0 Å². The molecule has 0 saturated heterocycles. The molecule has 0 bridgehead atoms. The molecule has 2 aromatic heterocycles. The van der Waals surface area contributed by atoms with Gasteiger partial charge < -0.3 is 5.32 Å². The lowest BCUT2D eigenvalue weighted by Crippen LogP contribution is -2.13. The van der Waals surface area contributed by atoms with Crippen LogP contribution in [-0.4, -0.2) is 24.2 Å². The molecule has 0 aliphatic carbocycles. The molecule has 0 saturated carbocycles. The molecule has 0 fully saturated rings. The van der Waals surface area contributed by atoms with Gasteiger partial charge in [0.05, 0.1) is 16.8 Å². The summed E-state index contributed by atoms with van der Waals surface area (Å²) in [5.74, 6) is -0.330. The second-order valence-corrected chi connectivity index (χ2v) is 8.15. The fourth-order valence-electron chi connectivity index (χ4n) is 3.01. The molecule has 1 aliphatic heterocycles. The first-order valence-corrected chi connectivity index (χ1v) is 10.1. The molecule has 1 aromatic carbocycles. The molecule has 6 nitrogen and oxygen atoms in total. The Bertz CT molecular complexity index is 1330. The van der Waals surface area contributed by atoms with Crippen molar-refractivity contribution in [2.75, 3.05) is 5.32 Å². The topological polar surface area (TPSA) is 84.3 Å². The van der Waals surface area contributed by atoms with Crippen molar-refractivity contribution in [2.45, 2.75) is 17.2 Å². The van der Waals surface area contributed by atoms with Crippen LogP contribution in [0.4, 0.5) is 32.2 Å². The number of fused-ring (bicyclic) bond motifs is 1. The maximum atomic E-state index is 13.3. The van der Waals surface area contributed by atoms with Gasteiger partial charge in [-0.1, -0.05) is 6.07 Å². The van der Waals surface area contributed by atoms with Crippen LogP contribution in [0, 0.1) is 0 Å². The number of nitrogens with zero attached hydrogens (tertiary/aromatic N) is 3. The normalized spacial score (nSPS) is 15.2. The summed E-state index contributed by atoms with van der Waals surface area (Å²) in [5, 5.41) is 2.52. The van der Waals surface area contributed by atoms with Gasteiger partial charge in [-0.2, -0.15) is 34.8 Å². The fourth-order valence-corrected chi connectivity index (χ4v) is 4.21. The van der Waals surface area contributed by atoms with E-state index in [1.807, 2.05) is 0 Å². The van der Waals surface area contributed by atoms with E-state index < -0.39 is 39.2 Å². The summed E-state index contributed by atoms with van der Waals surface area (Å²) in [7, 11) is -4.28. The largest absolute Gasteiger partial charge is 0.418 e. The molecule has 32 heavy (non-hydrogen) atoms. The Labute approximate surface area is 176 Å². The summed E-state index contributed by atoms with van der Waals surface area (Å²) in [5.41, 5.74) is -2.55. The lowest BCUT2D eigenvalue weighted by atomic mass is 10.0. The summed E-state index contributed by atoms with van der Waals surface area (Å²) in [4.78, 5) is 6.95. The number of halogens is 6. The summed E-state index contributed by atoms with van der Waals surface area (Å²) >= 11 is 0. The number of benzene rings is 1. The minimum Gasteiger partial charge on any atom is -0.324 e. The number of sulfonamides is 1. The van der Waals surface area contributed by atoms with E-state index in [4.69, 9.17) is 0 Å². The Balaban J connectivity index is 1.71. The zero-order valence-electron chi connectivity index (χ0n) is 15.5. The Morgan fingerprint density at radius 2 is 1.62 bits per heavy atom. The van der Waals surface area contributed by atoms with Gasteiger partial charge in [-0.25, -0.2) is 4.98 Å². The predicted octanol–water partition coefficient (Wildman–Crippen LogP) is 4.74. The minimum absolute atomic E-state index is 0.0277. The smallest absolute Gasteiger partial charge is 0.324 e. The van der Waals surface area contributed by atoms with Crippen molar-refractivity contribution in [3.63, 3.8) is 0 Å². The SMILES string of the molecule is O=S1(=O)N=C(Nc2ccc(C(F)(F)F)cn2)c2ccc(-c3ncccc3C(F)(F)F)cc21. The zero-order valence-corrected chi connectivity index (χ0v) is 16.3. The Morgan fingerprint density at radius 1 is 0.875 bits per heavy atom. The van der Waals surface area contributed by atoms with Crippen LogP contribution in [0.25, 0.3) is 11.3 Å². The molecule has 0 amide bonds. The van der Waals surface area contributed by atoms with Crippen LogP contribution in [0.1, 0.15) is 16.7 Å². The number of alkyl halides is 6. The summed E-state index contributed by atoms with van der Waals surface area (Å²) in [6, 6.07) is 7.18. The van der Waals surface area contributed by atoms with Crippen LogP contribution in [0.5, 0.6) is 0 Å². The van der Waals surface area contributed by atoms with Gasteiger partial charge in [0.1, 0.15) is 10.7 Å². The summed E-state index contributed by atoms with van der Waals surface area (Å²) in [6.07, 6.45) is -7.59. The van der Waals surface area contributed by atoms with E-state index >= 15 is 0 Å².